The average molecular weight is 266 g/mol. The molecule has 1 saturated heterocycles. The Balaban J connectivity index is 2.49. The van der Waals surface area contributed by atoms with E-state index in [1.807, 2.05) is 13.8 Å². The fraction of sp³-hybridized carbons (Fsp3) is 0.800. The number of hydrogen-bond donors (Lipinski definition) is 2. The van der Waals surface area contributed by atoms with Crippen LogP contribution < -0.4 is 5.32 Å². The first-order valence-corrected chi connectivity index (χ1v) is 7.21. The van der Waals surface area contributed by atoms with Crippen molar-refractivity contribution in [3.05, 3.63) is 0 Å². The van der Waals surface area contributed by atoms with Crippen molar-refractivity contribution in [3.63, 3.8) is 0 Å². The van der Waals surface area contributed by atoms with Crippen LogP contribution in [0.2, 0.25) is 0 Å². The van der Waals surface area contributed by atoms with Crippen LogP contribution in [0.4, 0.5) is 0 Å². The molecule has 1 unspecified atom stereocenters. The zero-order valence-corrected chi connectivity index (χ0v) is 12.1. The highest BCUT2D eigenvalue weighted by molar-refractivity contribution is 5.79. The number of rotatable bonds is 6. The number of aliphatic hydroxyl groups is 1. The number of terminal acetylenes is 1. The Morgan fingerprint density at radius 3 is 2.74 bits per heavy atom. The molecule has 1 aliphatic rings. The van der Waals surface area contributed by atoms with Crippen LogP contribution in [0.3, 0.4) is 0 Å². The number of carbonyl (C=O) groups excluding carboxylic acids is 1. The predicted molar refractivity (Wildman–Crippen MR) is 76.5 cm³/mol. The van der Waals surface area contributed by atoms with Gasteiger partial charge in [-0.3, -0.25) is 9.69 Å². The molecular weight excluding hydrogens is 240 g/mol. The van der Waals surface area contributed by atoms with E-state index in [0.717, 1.165) is 38.8 Å². The molecule has 4 nitrogen and oxygen atoms in total. The van der Waals surface area contributed by atoms with Gasteiger partial charge in [0.2, 0.25) is 5.91 Å². The van der Waals surface area contributed by atoms with E-state index < -0.39 is 5.54 Å². The van der Waals surface area contributed by atoms with Crippen LogP contribution in [0.1, 0.15) is 39.5 Å². The van der Waals surface area contributed by atoms with Crippen molar-refractivity contribution in [2.75, 3.05) is 26.2 Å². The monoisotopic (exact) mass is 266 g/mol. The van der Waals surface area contributed by atoms with Gasteiger partial charge in [-0.05, 0) is 38.1 Å². The number of nitrogens with zero attached hydrogens (tertiary/aromatic N) is 1. The largest absolute Gasteiger partial charge is 0.396 e. The summed E-state index contributed by atoms with van der Waals surface area (Å²) in [6.45, 7) is 6.28. The summed E-state index contributed by atoms with van der Waals surface area (Å²) in [5, 5.41) is 12.2. The zero-order chi connectivity index (χ0) is 14.3. The van der Waals surface area contributed by atoms with E-state index in [2.05, 4.69) is 16.1 Å². The normalized spacial score (nSPS) is 20.8. The van der Waals surface area contributed by atoms with E-state index in [1.165, 1.54) is 0 Å². The lowest BCUT2D eigenvalue weighted by Gasteiger charge is -2.33. The van der Waals surface area contributed by atoms with E-state index >= 15 is 0 Å². The second-order valence-corrected chi connectivity index (χ2v) is 5.41. The minimum absolute atomic E-state index is 0.0137. The first kappa shape index (κ1) is 16.0. The van der Waals surface area contributed by atoms with Gasteiger partial charge < -0.3 is 10.4 Å². The molecule has 1 amide bonds. The number of hydrogen-bond acceptors (Lipinski definition) is 3. The molecule has 1 atom stereocenters. The van der Waals surface area contributed by atoms with Crippen molar-refractivity contribution in [2.45, 2.75) is 45.1 Å². The second kappa shape index (κ2) is 7.52. The summed E-state index contributed by atoms with van der Waals surface area (Å²) in [4.78, 5) is 14.2. The van der Waals surface area contributed by atoms with Gasteiger partial charge in [0.25, 0.3) is 0 Å². The fourth-order valence-corrected chi connectivity index (χ4v) is 2.62. The first-order chi connectivity index (χ1) is 9.09. The highest BCUT2D eigenvalue weighted by Crippen LogP contribution is 2.16. The molecule has 0 aromatic carbocycles. The Bertz CT molecular complexity index is 332. The molecule has 1 aliphatic heterocycles. The number of amides is 1. The van der Waals surface area contributed by atoms with Gasteiger partial charge >= 0.3 is 0 Å². The summed E-state index contributed by atoms with van der Waals surface area (Å²) in [7, 11) is 0. The molecule has 0 saturated carbocycles. The van der Waals surface area contributed by atoms with Gasteiger partial charge in [0.15, 0.2) is 0 Å². The Labute approximate surface area is 116 Å². The van der Waals surface area contributed by atoms with Gasteiger partial charge in [0, 0.05) is 13.2 Å². The highest BCUT2D eigenvalue weighted by Gasteiger charge is 2.27. The fourth-order valence-electron chi connectivity index (χ4n) is 2.62. The number of likely N-dealkylation sites (tertiary alicyclic amines) is 1. The van der Waals surface area contributed by atoms with Crippen molar-refractivity contribution in [1.29, 1.82) is 0 Å². The van der Waals surface area contributed by atoms with E-state index in [1.54, 1.807) is 0 Å². The third-order valence-corrected chi connectivity index (χ3v) is 4.09. The molecule has 19 heavy (non-hydrogen) atoms. The second-order valence-electron chi connectivity index (χ2n) is 5.41. The summed E-state index contributed by atoms with van der Waals surface area (Å²) in [6, 6.07) is 0. The van der Waals surface area contributed by atoms with Crippen molar-refractivity contribution in [3.8, 4) is 12.3 Å². The third-order valence-electron chi connectivity index (χ3n) is 4.09. The molecular formula is C15H26N2O2. The van der Waals surface area contributed by atoms with Crippen LogP contribution in [0.5, 0.6) is 0 Å². The first-order valence-electron chi connectivity index (χ1n) is 7.21. The van der Waals surface area contributed by atoms with Crippen LogP contribution in [0.25, 0.3) is 0 Å². The molecule has 0 spiro atoms. The van der Waals surface area contributed by atoms with E-state index in [9.17, 15) is 9.90 Å². The SMILES string of the molecule is C#CC(CC)(CC)NC(=O)CN1CCCC(CO)C1. The molecule has 1 fully saturated rings. The standard InChI is InChI=1S/C15H26N2O2/c1-4-15(5-2,6-3)16-14(19)11-17-9-7-8-13(10-17)12-18/h1,13,18H,5-12H2,2-3H3,(H,16,19). The lowest BCUT2D eigenvalue weighted by molar-refractivity contribution is -0.124. The van der Waals surface area contributed by atoms with Crippen molar-refractivity contribution in [1.82, 2.24) is 10.2 Å². The quantitative estimate of drug-likeness (QED) is 0.705. The third kappa shape index (κ3) is 4.52. The van der Waals surface area contributed by atoms with E-state index in [4.69, 9.17) is 6.42 Å². The molecule has 0 radical (unpaired) electrons. The smallest absolute Gasteiger partial charge is 0.235 e. The lowest BCUT2D eigenvalue weighted by Crippen LogP contribution is -2.51. The zero-order valence-electron chi connectivity index (χ0n) is 12.1. The highest BCUT2D eigenvalue weighted by atomic mass is 16.3. The summed E-state index contributed by atoms with van der Waals surface area (Å²) >= 11 is 0. The molecule has 4 heteroatoms. The summed E-state index contributed by atoms with van der Waals surface area (Å²) < 4.78 is 0. The molecule has 1 rings (SSSR count). The number of carbonyl (C=O) groups is 1. The van der Waals surface area contributed by atoms with Gasteiger partial charge in [0.1, 0.15) is 5.54 Å². The van der Waals surface area contributed by atoms with Crippen LogP contribution in [-0.2, 0) is 4.79 Å². The Hall–Kier alpha value is -1.05. The van der Waals surface area contributed by atoms with Gasteiger partial charge in [-0.1, -0.05) is 19.8 Å². The van der Waals surface area contributed by atoms with Crippen LogP contribution in [0, 0.1) is 18.3 Å². The maximum atomic E-state index is 12.1. The van der Waals surface area contributed by atoms with E-state index in [-0.39, 0.29) is 12.5 Å². The molecule has 1 heterocycles. The van der Waals surface area contributed by atoms with E-state index in [0.29, 0.717) is 12.5 Å². The van der Waals surface area contributed by atoms with Gasteiger partial charge in [-0.25, -0.2) is 0 Å². The molecule has 0 aromatic heterocycles. The molecule has 108 valence electrons. The van der Waals surface area contributed by atoms with Crippen LogP contribution >= 0.6 is 0 Å². The molecule has 2 N–H and O–H groups in total. The minimum atomic E-state index is -0.511. The average Bonchev–Trinajstić information content (AvgIpc) is 2.45. The molecule has 0 bridgehead atoms. The number of nitrogens with one attached hydrogen (secondary N) is 1. The summed E-state index contributed by atoms with van der Waals surface area (Å²) in [5.41, 5.74) is -0.511. The van der Waals surface area contributed by atoms with Crippen LogP contribution in [0.15, 0.2) is 0 Å². The maximum absolute atomic E-state index is 12.1. The maximum Gasteiger partial charge on any atom is 0.235 e. The van der Waals surface area contributed by atoms with Gasteiger partial charge in [0.05, 0.1) is 6.54 Å². The number of piperidine rings is 1. The predicted octanol–water partition coefficient (Wildman–Crippen LogP) is 0.999. The minimum Gasteiger partial charge on any atom is -0.396 e. The van der Waals surface area contributed by atoms with Crippen LogP contribution in [-0.4, -0.2) is 47.7 Å². The molecule has 0 aliphatic carbocycles. The van der Waals surface area contributed by atoms with Crippen molar-refractivity contribution < 1.29 is 9.90 Å². The topological polar surface area (TPSA) is 52.6 Å². The number of aliphatic hydroxyl groups excluding tert-OH is 1. The molecule has 0 aromatic rings. The van der Waals surface area contributed by atoms with Gasteiger partial charge in [-0.2, -0.15) is 0 Å². The Morgan fingerprint density at radius 1 is 1.53 bits per heavy atom. The van der Waals surface area contributed by atoms with Crippen molar-refractivity contribution >= 4 is 5.91 Å². The summed E-state index contributed by atoms with van der Waals surface area (Å²) in [5.74, 6) is 3.00. The summed E-state index contributed by atoms with van der Waals surface area (Å²) in [6.07, 6.45) is 9.12. The van der Waals surface area contributed by atoms with Gasteiger partial charge in [-0.15, -0.1) is 6.42 Å². The Morgan fingerprint density at radius 2 is 2.21 bits per heavy atom. The lowest BCUT2D eigenvalue weighted by atomic mass is 9.94. The van der Waals surface area contributed by atoms with Crippen molar-refractivity contribution in [2.24, 2.45) is 5.92 Å². The Kier molecular flexibility index (Phi) is 6.33.